The van der Waals surface area contributed by atoms with Crippen molar-refractivity contribution in [3.05, 3.63) is 0 Å². The van der Waals surface area contributed by atoms with Crippen molar-refractivity contribution in [1.29, 1.82) is 0 Å². The van der Waals surface area contributed by atoms with E-state index in [-0.39, 0.29) is 5.92 Å². The molecule has 14 heavy (non-hydrogen) atoms. The Hall–Kier alpha value is -0.610. The van der Waals surface area contributed by atoms with E-state index in [1.54, 1.807) is 7.11 Å². The topological polar surface area (TPSA) is 41.6 Å². The van der Waals surface area contributed by atoms with E-state index >= 15 is 0 Å². The number of nitrogens with zero attached hydrogens (tertiary/aromatic N) is 1. The van der Waals surface area contributed by atoms with Crippen molar-refractivity contribution in [3.8, 4) is 0 Å². The van der Waals surface area contributed by atoms with E-state index in [2.05, 4.69) is 5.32 Å². The quantitative estimate of drug-likeness (QED) is 0.670. The summed E-state index contributed by atoms with van der Waals surface area (Å²) in [5.74, 6) is 0.576. The summed E-state index contributed by atoms with van der Waals surface area (Å²) in [5, 5.41) is 3.13. The molecule has 0 spiro atoms. The number of piperidine rings is 1. The molecular formula is C10H18N2O2. The third-order valence-electron chi connectivity index (χ3n) is 3.22. The summed E-state index contributed by atoms with van der Waals surface area (Å²) < 4.78 is 5.27. The first-order chi connectivity index (χ1) is 6.81. The van der Waals surface area contributed by atoms with Gasteiger partial charge in [0.1, 0.15) is 0 Å². The van der Waals surface area contributed by atoms with Gasteiger partial charge >= 0.3 is 0 Å². The third-order valence-corrected chi connectivity index (χ3v) is 3.22. The van der Waals surface area contributed by atoms with Crippen molar-refractivity contribution in [3.63, 3.8) is 0 Å². The summed E-state index contributed by atoms with van der Waals surface area (Å²) >= 11 is 0. The first-order valence-electron chi connectivity index (χ1n) is 5.33. The summed E-state index contributed by atoms with van der Waals surface area (Å²) in [7, 11) is 1.75. The van der Waals surface area contributed by atoms with Gasteiger partial charge in [0.2, 0.25) is 5.91 Å². The second kappa shape index (κ2) is 4.28. The van der Waals surface area contributed by atoms with Gasteiger partial charge < -0.3 is 15.0 Å². The molecule has 80 valence electrons. The van der Waals surface area contributed by atoms with Gasteiger partial charge in [-0.2, -0.15) is 0 Å². The maximum Gasteiger partial charge on any atom is 0.228 e. The molecule has 0 aromatic heterocycles. The van der Waals surface area contributed by atoms with Gasteiger partial charge in [-0.15, -0.1) is 0 Å². The molecule has 0 bridgehead atoms. The molecule has 0 aromatic carbocycles. The minimum atomic E-state index is 0.245. The number of amides is 1. The zero-order chi connectivity index (χ0) is 9.97. The highest BCUT2D eigenvalue weighted by molar-refractivity contribution is 5.80. The average molecular weight is 198 g/mol. The van der Waals surface area contributed by atoms with Crippen LogP contribution in [0.4, 0.5) is 0 Å². The van der Waals surface area contributed by atoms with Crippen LogP contribution in [0.3, 0.4) is 0 Å². The minimum Gasteiger partial charge on any atom is -0.381 e. The SMILES string of the molecule is COC1CCN(C(=O)C2CNC2)CC1. The molecule has 2 heterocycles. The van der Waals surface area contributed by atoms with Crippen LogP contribution in [0.5, 0.6) is 0 Å². The van der Waals surface area contributed by atoms with Crippen LogP contribution in [0.1, 0.15) is 12.8 Å². The third kappa shape index (κ3) is 1.91. The molecule has 0 aromatic rings. The van der Waals surface area contributed by atoms with Crippen LogP contribution in [0.25, 0.3) is 0 Å². The number of ether oxygens (including phenoxy) is 1. The predicted molar refractivity (Wildman–Crippen MR) is 53.0 cm³/mol. The molecule has 0 unspecified atom stereocenters. The normalized spacial score (nSPS) is 24.8. The Kier molecular flexibility index (Phi) is 3.03. The Morgan fingerprint density at radius 1 is 1.36 bits per heavy atom. The maximum absolute atomic E-state index is 11.8. The van der Waals surface area contributed by atoms with E-state index < -0.39 is 0 Å². The minimum absolute atomic E-state index is 0.245. The molecule has 4 nitrogen and oxygen atoms in total. The fourth-order valence-electron chi connectivity index (χ4n) is 2.03. The van der Waals surface area contributed by atoms with Crippen LogP contribution in [0.15, 0.2) is 0 Å². The number of carbonyl (C=O) groups excluding carboxylic acids is 1. The monoisotopic (exact) mass is 198 g/mol. The van der Waals surface area contributed by atoms with E-state index in [1.807, 2.05) is 4.90 Å². The van der Waals surface area contributed by atoms with Gasteiger partial charge in [0.25, 0.3) is 0 Å². The van der Waals surface area contributed by atoms with Gasteiger partial charge in [-0.1, -0.05) is 0 Å². The van der Waals surface area contributed by atoms with Gasteiger partial charge in [0, 0.05) is 33.3 Å². The molecule has 0 saturated carbocycles. The zero-order valence-electron chi connectivity index (χ0n) is 8.66. The molecule has 1 N–H and O–H groups in total. The molecule has 4 heteroatoms. The number of carbonyl (C=O) groups is 1. The number of hydrogen-bond donors (Lipinski definition) is 1. The summed E-state index contributed by atoms with van der Waals surface area (Å²) in [4.78, 5) is 13.8. The van der Waals surface area contributed by atoms with Crippen LogP contribution in [0, 0.1) is 5.92 Å². The summed E-state index contributed by atoms with van der Waals surface area (Å²) in [6.45, 7) is 3.47. The Morgan fingerprint density at radius 2 is 2.00 bits per heavy atom. The fourth-order valence-corrected chi connectivity index (χ4v) is 2.03. The van der Waals surface area contributed by atoms with Crippen LogP contribution in [0.2, 0.25) is 0 Å². The van der Waals surface area contributed by atoms with Crippen LogP contribution < -0.4 is 5.32 Å². The van der Waals surface area contributed by atoms with Crippen LogP contribution >= 0.6 is 0 Å². The second-order valence-electron chi connectivity index (χ2n) is 4.12. The molecule has 2 aliphatic heterocycles. The Morgan fingerprint density at radius 3 is 2.43 bits per heavy atom. The fraction of sp³-hybridized carbons (Fsp3) is 0.900. The molecule has 0 aliphatic carbocycles. The van der Waals surface area contributed by atoms with Crippen molar-refractivity contribution in [2.75, 3.05) is 33.3 Å². The second-order valence-corrected chi connectivity index (χ2v) is 4.12. The summed E-state index contributed by atoms with van der Waals surface area (Å²) in [6, 6.07) is 0. The van der Waals surface area contributed by atoms with Gasteiger partial charge in [-0.3, -0.25) is 4.79 Å². The van der Waals surface area contributed by atoms with Gasteiger partial charge in [0.15, 0.2) is 0 Å². The molecule has 2 rings (SSSR count). The lowest BCUT2D eigenvalue weighted by Crippen LogP contribution is -2.53. The number of methoxy groups -OCH3 is 1. The van der Waals surface area contributed by atoms with E-state index in [0.717, 1.165) is 39.0 Å². The lowest BCUT2D eigenvalue weighted by molar-refractivity contribution is -0.139. The first kappa shape index (κ1) is 9.93. The van der Waals surface area contributed by atoms with Crippen molar-refractivity contribution in [2.45, 2.75) is 18.9 Å². The molecule has 1 amide bonds. The molecular weight excluding hydrogens is 180 g/mol. The van der Waals surface area contributed by atoms with Crippen molar-refractivity contribution >= 4 is 5.91 Å². The van der Waals surface area contributed by atoms with Crippen LogP contribution in [-0.2, 0) is 9.53 Å². The molecule has 0 atom stereocenters. The largest absolute Gasteiger partial charge is 0.381 e. The molecule has 2 fully saturated rings. The first-order valence-corrected chi connectivity index (χ1v) is 5.33. The average Bonchev–Trinajstić information content (AvgIpc) is 2.15. The smallest absolute Gasteiger partial charge is 0.228 e. The Balaban J connectivity index is 1.79. The Bertz CT molecular complexity index is 208. The van der Waals surface area contributed by atoms with Crippen molar-refractivity contribution in [2.24, 2.45) is 5.92 Å². The molecule has 2 aliphatic rings. The van der Waals surface area contributed by atoms with Gasteiger partial charge in [-0.05, 0) is 12.8 Å². The number of rotatable bonds is 2. The number of likely N-dealkylation sites (tertiary alicyclic amines) is 1. The highest BCUT2D eigenvalue weighted by atomic mass is 16.5. The standard InChI is InChI=1S/C10H18N2O2/c1-14-9-2-4-12(5-3-9)10(13)8-6-11-7-8/h8-9,11H,2-7H2,1H3. The highest BCUT2D eigenvalue weighted by Crippen LogP contribution is 2.16. The van der Waals surface area contributed by atoms with E-state index in [1.165, 1.54) is 0 Å². The zero-order valence-corrected chi connectivity index (χ0v) is 8.66. The molecule has 0 radical (unpaired) electrons. The summed E-state index contributed by atoms with van der Waals surface area (Å²) in [6.07, 6.45) is 2.34. The lowest BCUT2D eigenvalue weighted by Gasteiger charge is -2.36. The van der Waals surface area contributed by atoms with Crippen LogP contribution in [-0.4, -0.2) is 50.2 Å². The van der Waals surface area contributed by atoms with Crippen molar-refractivity contribution < 1.29 is 9.53 Å². The summed E-state index contributed by atoms with van der Waals surface area (Å²) in [5.41, 5.74) is 0. The highest BCUT2D eigenvalue weighted by Gasteiger charge is 2.31. The number of nitrogens with one attached hydrogen (secondary N) is 1. The van der Waals surface area contributed by atoms with E-state index in [4.69, 9.17) is 4.74 Å². The lowest BCUT2D eigenvalue weighted by atomic mass is 9.99. The maximum atomic E-state index is 11.8. The van der Waals surface area contributed by atoms with Gasteiger partial charge in [-0.25, -0.2) is 0 Å². The Labute approximate surface area is 84.6 Å². The predicted octanol–water partition coefficient (Wildman–Crippen LogP) is -0.157. The van der Waals surface area contributed by atoms with E-state index in [0.29, 0.717) is 12.0 Å². The van der Waals surface area contributed by atoms with E-state index in [9.17, 15) is 4.79 Å². The number of hydrogen-bond acceptors (Lipinski definition) is 3. The molecule has 2 saturated heterocycles. The van der Waals surface area contributed by atoms with Crippen molar-refractivity contribution in [1.82, 2.24) is 10.2 Å². The van der Waals surface area contributed by atoms with Gasteiger partial charge in [0.05, 0.1) is 12.0 Å².